The largest absolute Gasteiger partial charge is 0.494 e. The number of benzene rings is 1. The molecule has 5 heteroatoms. The van der Waals surface area contributed by atoms with E-state index in [1.807, 2.05) is 6.20 Å². The maximum absolute atomic E-state index is 6.16. The van der Waals surface area contributed by atoms with Crippen molar-refractivity contribution in [2.75, 3.05) is 0 Å². The van der Waals surface area contributed by atoms with E-state index in [1.165, 1.54) is 5.56 Å². The summed E-state index contributed by atoms with van der Waals surface area (Å²) >= 11 is 0. The number of hydrogen-bond donors (Lipinski definition) is 1. The molecule has 0 atom stereocenters. The minimum Gasteiger partial charge on any atom is -0.399 e. The molecule has 1 aromatic carbocycles. The summed E-state index contributed by atoms with van der Waals surface area (Å²) < 4.78 is 12.3. The molecule has 2 aromatic rings. The van der Waals surface area contributed by atoms with Crippen LogP contribution < -0.4 is 5.46 Å². The molecule has 3 rings (SSSR count). The van der Waals surface area contributed by atoms with E-state index in [0.29, 0.717) is 5.92 Å². The molecule has 4 nitrogen and oxygen atoms in total. The molecular weight excluding hydrogens is 263 g/mol. The van der Waals surface area contributed by atoms with Gasteiger partial charge in [-0.3, -0.25) is 5.10 Å². The molecule has 1 saturated heterocycles. The van der Waals surface area contributed by atoms with Crippen molar-refractivity contribution in [3.63, 3.8) is 0 Å². The maximum Gasteiger partial charge on any atom is 0.494 e. The molecule has 0 radical (unpaired) electrons. The Morgan fingerprint density at radius 3 is 2.29 bits per heavy atom. The molecule has 1 aliphatic rings. The van der Waals surface area contributed by atoms with E-state index in [1.54, 1.807) is 0 Å². The van der Waals surface area contributed by atoms with Crippen LogP contribution in [0, 0.1) is 0 Å². The number of hydrogen-bond acceptors (Lipinski definition) is 3. The number of fused-ring (bicyclic) bond motifs is 1. The lowest BCUT2D eigenvalue weighted by Crippen LogP contribution is -2.41. The highest BCUT2D eigenvalue weighted by molar-refractivity contribution is 6.62. The predicted molar refractivity (Wildman–Crippen MR) is 85.9 cm³/mol. The molecule has 0 unspecified atom stereocenters. The SMILES string of the molecule is CC(C)c1cc(B2OC(C)(C)C(C)(C)O2)cc2cn[nH]c12. The molecule has 0 saturated carbocycles. The van der Waals surface area contributed by atoms with E-state index < -0.39 is 0 Å². The van der Waals surface area contributed by atoms with E-state index in [0.717, 1.165) is 16.4 Å². The van der Waals surface area contributed by atoms with E-state index in [-0.39, 0.29) is 18.3 Å². The number of aromatic amines is 1. The summed E-state index contributed by atoms with van der Waals surface area (Å²) in [4.78, 5) is 0. The first kappa shape index (κ1) is 14.6. The van der Waals surface area contributed by atoms with Crippen LogP contribution >= 0.6 is 0 Å². The average Bonchev–Trinajstić information content (AvgIpc) is 2.90. The monoisotopic (exact) mass is 286 g/mol. The molecule has 1 aromatic heterocycles. The van der Waals surface area contributed by atoms with Crippen LogP contribution in [0.15, 0.2) is 18.3 Å². The lowest BCUT2D eigenvalue weighted by Gasteiger charge is -2.32. The first-order valence-corrected chi connectivity index (χ1v) is 7.54. The summed E-state index contributed by atoms with van der Waals surface area (Å²) in [6.45, 7) is 12.7. The first-order chi connectivity index (χ1) is 9.71. The Kier molecular flexibility index (Phi) is 3.19. The van der Waals surface area contributed by atoms with Gasteiger partial charge in [0.2, 0.25) is 0 Å². The van der Waals surface area contributed by atoms with Gasteiger partial charge < -0.3 is 9.31 Å². The molecule has 0 bridgehead atoms. The maximum atomic E-state index is 6.16. The molecule has 112 valence electrons. The fourth-order valence-electron chi connectivity index (χ4n) is 2.68. The quantitative estimate of drug-likeness (QED) is 0.863. The lowest BCUT2D eigenvalue weighted by molar-refractivity contribution is 0.00578. The fourth-order valence-corrected chi connectivity index (χ4v) is 2.68. The smallest absolute Gasteiger partial charge is 0.399 e. The van der Waals surface area contributed by atoms with Crippen molar-refractivity contribution in [1.29, 1.82) is 0 Å². The Morgan fingerprint density at radius 1 is 1.10 bits per heavy atom. The van der Waals surface area contributed by atoms with Crippen LogP contribution in [-0.4, -0.2) is 28.5 Å². The van der Waals surface area contributed by atoms with Crippen molar-refractivity contribution in [2.45, 2.75) is 58.7 Å². The summed E-state index contributed by atoms with van der Waals surface area (Å²) in [5.74, 6) is 0.412. The average molecular weight is 286 g/mol. The molecule has 0 amide bonds. The molecule has 21 heavy (non-hydrogen) atoms. The van der Waals surface area contributed by atoms with E-state index in [4.69, 9.17) is 9.31 Å². The van der Waals surface area contributed by atoms with E-state index in [9.17, 15) is 0 Å². The van der Waals surface area contributed by atoms with Gasteiger partial charge in [-0.2, -0.15) is 5.10 Å². The Bertz CT molecular complexity index is 660. The number of aromatic nitrogens is 2. The van der Waals surface area contributed by atoms with E-state index >= 15 is 0 Å². The Labute approximate surface area is 126 Å². The summed E-state index contributed by atoms with van der Waals surface area (Å²) in [5, 5.41) is 8.35. The van der Waals surface area contributed by atoms with Gasteiger partial charge in [-0.15, -0.1) is 0 Å². The Balaban J connectivity index is 2.06. The van der Waals surface area contributed by atoms with Crippen LogP contribution in [0.4, 0.5) is 0 Å². The Hall–Kier alpha value is -1.33. The van der Waals surface area contributed by atoms with E-state index in [2.05, 4.69) is 63.9 Å². The van der Waals surface area contributed by atoms with Gasteiger partial charge in [-0.1, -0.05) is 26.0 Å². The topological polar surface area (TPSA) is 47.1 Å². The molecule has 1 N–H and O–H groups in total. The van der Waals surface area contributed by atoms with Crippen molar-refractivity contribution in [2.24, 2.45) is 0 Å². The molecule has 1 fully saturated rings. The van der Waals surface area contributed by atoms with Crippen molar-refractivity contribution < 1.29 is 9.31 Å². The van der Waals surface area contributed by atoms with Crippen LogP contribution in [0.2, 0.25) is 0 Å². The second-order valence-electron chi connectivity index (χ2n) is 7.19. The molecule has 0 spiro atoms. The third kappa shape index (κ3) is 2.28. The third-order valence-electron chi connectivity index (χ3n) is 4.75. The van der Waals surface area contributed by atoms with Crippen LogP contribution in [0.25, 0.3) is 10.9 Å². The van der Waals surface area contributed by atoms with Gasteiger partial charge in [0.25, 0.3) is 0 Å². The van der Waals surface area contributed by atoms with Gasteiger partial charge in [-0.25, -0.2) is 0 Å². The number of rotatable bonds is 2. The summed E-state index contributed by atoms with van der Waals surface area (Å²) in [7, 11) is -0.327. The number of H-pyrrole nitrogens is 1. The van der Waals surface area contributed by atoms with Crippen LogP contribution in [0.1, 0.15) is 53.0 Å². The van der Waals surface area contributed by atoms with Gasteiger partial charge in [0.15, 0.2) is 0 Å². The second kappa shape index (κ2) is 4.58. The van der Waals surface area contributed by atoms with Crippen LogP contribution in [-0.2, 0) is 9.31 Å². The van der Waals surface area contributed by atoms with Gasteiger partial charge in [0.1, 0.15) is 0 Å². The predicted octanol–water partition coefficient (Wildman–Crippen LogP) is 2.99. The zero-order chi connectivity index (χ0) is 15.4. The molecule has 2 heterocycles. The highest BCUT2D eigenvalue weighted by Gasteiger charge is 2.51. The fraction of sp³-hybridized carbons (Fsp3) is 0.562. The highest BCUT2D eigenvalue weighted by atomic mass is 16.7. The van der Waals surface area contributed by atoms with Crippen molar-refractivity contribution in [1.82, 2.24) is 10.2 Å². The Morgan fingerprint density at radius 2 is 1.71 bits per heavy atom. The normalized spacial score (nSPS) is 20.6. The van der Waals surface area contributed by atoms with Gasteiger partial charge in [0, 0.05) is 5.39 Å². The summed E-state index contributed by atoms with van der Waals surface area (Å²) in [6.07, 6.45) is 1.86. The minimum atomic E-state index is -0.327. The highest BCUT2D eigenvalue weighted by Crippen LogP contribution is 2.37. The van der Waals surface area contributed by atoms with Crippen LogP contribution in [0.3, 0.4) is 0 Å². The zero-order valence-corrected chi connectivity index (χ0v) is 13.7. The number of nitrogens with one attached hydrogen (secondary N) is 1. The van der Waals surface area contributed by atoms with Gasteiger partial charge in [-0.05, 0) is 44.6 Å². The van der Waals surface area contributed by atoms with Crippen molar-refractivity contribution in [3.8, 4) is 0 Å². The van der Waals surface area contributed by atoms with Crippen LogP contribution in [0.5, 0.6) is 0 Å². The summed E-state index contributed by atoms with van der Waals surface area (Å²) in [6, 6.07) is 4.28. The minimum absolute atomic E-state index is 0.318. The van der Waals surface area contributed by atoms with Crippen molar-refractivity contribution >= 4 is 23.5 Å². The lowest BCUT2D eigenvalue weighted by atomic mass is 9.77. The molecule has 1 aliphatic heterocycles. The number of nitrogens with zero attached hydrogens (tertiary/aromatic N) is 1. The van der Waals surface area contributed by atoms with Crippen molar-refractivity contribution in [3.05, 3.63) is 23.9 Å². The first-order valence-electron chi connectivity index (χ1n) is 7.54. The van der Waals surface area contributed by atoms with Gasteiger partial charge in [0.05, 0.1) is 22.9 Å². The third-order valence-corrected chi connectivity index (χ3v) is 4.75. The van der Waals surface area contributed by atoms with Gasteiger partial charge >= 0.3 is 7.12 Å². The molecule has 0 aliphatic carbocycles. The standard InChI is InChI=1S/C16H23BN2O2/c1-10(2)13-8-12(7-11-9-18-19-14(11)13)17-20-15(3,4)16(5,6)21-17/h7-10H,1-6H3,(H,18,19). The second-order valence-corrected chi connectivity index (χ2v) is 7.19. The molecular formula is C16H23BN2O2. The summed E-state index contributed by atoms with van der Waals surface area (Å²) in [5.41, 5.74) is 2.77. The zero-order valence-electron chi connectivity index (χ0n) is 13.7.